The third-order valence-corrected chi connectivity index (χ3v) is 7.75. The molecule has 0 aromatic heterocycles. The van der Waals surface area contributed by atoms with Gasteiger partial charge in [-0.3, -0.25) is 0 Å². The number of benzene rings is 2. The molecule has 1 nitrogen and oxygen atoms in total. The van der Waals surface area contributed by atoms with E-state index in [0.717, 1.165) is 32.1 Å². The summed E-state index contributed by atoms with van der Waals surface area (Å²) in [6, 6.07) is 18.4. The summed E-state index contributed by atoms with van der Waals surface area (Å²) in [5, 5.41) is 0. The molecule has 0 saturated heterocycles. The molecule has 174 valence electrons. The van der Waals surface area contributed by atoms with E-state index in [1.807, 2.05) is 0 Å². The Labute approximate surface area is 197 Å². The minimum Gasteiger partial charge on any atom is -0.303 e. The van der Waals surface area contributed by atoms with E-state index < -0.39 is 0 Å². The van der Waals surface area contributed by atoms with Crippen molar-refractivity contribution in [1.29, 1.82) is 0 Å². The zero-order valence-electron chi connectivity index (χ0n) is 20.6. The van der Waals surface area contributed by atoms with Crippen molar-refractivity contribution < 1.29 is 4.79 Å². The zero-order chi connectivity index (χ0) is 22.7. The monoisotopic (exact) mass is 432 g/mol. The molecule has 0 heterocycles. The maximum Gasteiger partial charge on any atom is 0.126 e. The van der Waals surface area contributed by atoms with E-state index in [1.54, 1.807) is 0 Å². The van der Waals surface area contributed by atoms with Crippen LogP contribution in [0.5, 0.6) is 0 Å². The van der Waals surface area contributed by atoms with Gasteiger partial charge in [0.2, 0.25) is 0 Å². The molecule has 0 aliphatic heterocycles. The lowest BCUT2D eigenvalue weighted by Gasteiger charge is -2.36. The van der Waals surface area contributed by atoms with Gasteiger partial charge in [0, 0.05) is 5.41 Å². The second-order valence-electron chi connectivity index (χ2n) is 10.2. The number of unbranched alkanes of at least 4 members (excludes halogenated alkanes) is 6. The average molecular weight is 433 g/mol. The van der Waals surface area contributed by atoms with E-state index in [0.29, 0.717) is 5.92 Å². The quantitative estimate of drug-likeness (QED) is 0.228. The van der Waals surface area contributed by atoms with Crippen LogP contribution in [0.4, 0.5) is 0 Å². The van der Waals surface area contributed by atoms with E-state index in [1.165, 1.54) is 86.3 Å². The molecule has 0 N–H and O–H groups in total. The van der Waals surface area contributed by atoms with Gasteiger partial charge in [-0.25, -0.2) is 0 Å². The highest BCUT2D eigenvalue weighted by molar-refractivity contribution is 5.64. The first-order valence-electron chi connectivity index (χ1n) is 13.4. The van der Waals surface area contributed by atoms with Gasteiger partial charge in [0.05, 0.1) is 0 Å². The second-order valence-corrected chi connectivity index (χ2v) is 10.2. The lowest BCUT2D eigenvalue weighted by atomic mass is 9.67. The minimum atomic E-state index is -0.0401. The number of aryl methyl sites for hydroxylation is 1. The summed E-state index contributed by atoms with van der Waals surface area (Å²) in [7, 11) is 0. The Bertz CT molecular complexity index is 778. The zero-order valence-corrected chi connectivity index (χ0v) is 20.6. The Morgan fingerprint density at radius 1 is 0.750 bits per heavy atom. The number of rotatable bonds is 13. The molecule has 0 radical (unpaired) electrons. The van der Waals surface area contributed by atoms with Gasteiger partial charge in [-0.15, -0.1) is 0 Å². The van der Waals surface area contributed by atoms with Gasteiger partial charge in [-0.2, -0.15) is 0 Å². The third kappa shape index (κ3) is 7.06. The molecule has 1 heteroatoms. The van der Waals surface area contributed by atoms with Crippen LogP contribution in [0, 0.1) is 5.41 Å². The van der Waals surface area contributed by atoms with E-state index in [9.17, 15) is 4.79 Å². The van der Waals surface area contributed by atoms with Crippen LogP contribution in [-0.4, -0.2) is 6.29 Å². The first-order chi connectivity index (χ1) is 15.7. The largest absolute Gasteiger partial charge is 0.303 e. The summed E-state index contributed by atoms with van der Waals surface area (Å²) in [4.78, 5) is 11.9. The van der Waals surface area contributed by atoms with Crippen molar-refractivity contribution in [1.82, 2.24) is 0 Å². The van der Waals surface area contributed by atoms with Crippen LogP contribution < -0.4 is 0 Å². The van der Waals surface area contributed by atoms with Crippen molar-refractivity contribution in [3.8, 4) is 11.1 Å². The predicted molar refractivity (Wildman–Crippen MR) is 138 cm³/mol. The third-order valence-electron chi connectivity index (χ3n) is 7.75. The standard InChI is InChI=1S/C31H44O/c1-3-5-7-8-10-22-31(25-32)23-20-30(21-24-31)29-18-16-28(17-19-29)27-14-12-26(13-15-27)11-9-6-4-2/h12-19,25,30H,3-11,20-24H2,1-2H3. The van der Waals surface area contributed by atoms with E-state index >= 15 is 0 Å². The highest BCUT2D eigenvalue weighted by Gasteiger charge is 2.35. The van der Waals surface area contributed by atoms with Crippen molar-refractivity contribution in [2.24, 2.45) is 5.41 Å². The van der Waals surface area contributed by atoms with Gasteiger partial charge in [0.25, 0.3) is 0 Å². The Kier molecular flexibility index (Phi) is 10.0. The molecule has 3 rings (SSSR count). The van der Waals surface area contributed by atoms with Crippen molar-refractivity contribution in [3.63, 3.8) is 0 Å². The molecule has 1 fully saturated rings. The molecule has 2 aromatic rings. The number of carbonyl (C=O) groups is 1. The molecule has 0 spiro atoms. The van der Waals surface area contributed by atoms with Crippen LogP contribution in [0.2, 0.25) is 0 Å². The highest BCUT2D eigenvalue weighted by atomic mass is 16.1. The first kappa shape index (κ1) is 24.7. The van der Waals surface area contributed by atoms with Gasteiger partial charge < -0.3 is 4.79 Å². The van der Waals surface area contributed by atoms with Gasteiger partial charge in [0.15, 0.2) is 0 Å². The smallest absolute Gasteiger partial charge is 0.126 e. The fourth-order valence-corrected chi connectivity index (χ4v) is 5.42. The summed E-state index contributed by atoms with van der Waals surface area (Å²) >= 11 is 0. The van der Waals surface area contributed by atoms with Crippen molar-refractivity contribution in [2.75, 3.05) is 0 Å². The van der Waals surface area contributed by atoms with Crippen LogP contribution in [0.25, 0.3) is 11.1 Å². The molecule has 1 saturated carbocycles. The fourth-order valence-electron chi connectivity index (χ4n) is 5.42. The molecule has 0 atom stereocenters. The topological polar surface area (TPSA) is 17.1 Å². The van der Waals surface area contributed by atoms with Gasteiger partial charge in [0.1, 0.15) is 6.29 Å². The second kappa shape index (κ2) is 13.0. The summed E-state index contributed by atoms with van der Waals surface area (Å²) in [5.41, 5.74) is 5.47. The Morgan fingerprint density at radius 3 is 1.91 bits per heavy atom. The van der Waals surface area contributed by atoms with Crippen LogP contribution in [0.1, 0.15) is 114 Å². The van der Waals surface area contributed by atoms with Crippen LogP contribution >= 0.6 is 0 Å². The van der Waals surface area contributed by atoms with E-state index in [2.05, 4.69) is 62.4 Å². The van der Waals surface area contributed by atoms with Crippen molar-refractivity contribution >= 4 is 6.29 Å². The molecular formula is C31H44O. The summed E-state index contributed by atoms with van der Waals surface area (Å²) < 4.78 is 0. The van der Waals surface area contributed by atoms with Crippen molar-refractivity contribution in [3.05, 3.63) is 59.7 Å². The van der Waals surface area contributed by atoms with Crippen molar-refractivity contribution in [2.45, 2.75) is 110 Å². The summed E-state index contributed by atoms with van der Waals surface area (Å²) in [6.07, 6.45) is 18.3. The van der Waals surface area contributed by atoms with Gasteiger partial charge in [-0.1, -0.05) is 107 Å². The summed E-state index contributed by atoms with van der Waals surface area (Å²) in [5.74, 6) is 0.609. The predicted octanol–water partition coefficient (Wildman–Crippen LogP) is 9.29. The molecule has 1 aliphatic rings. The normalized spacial score (nSPS) is 20.9. The van der Waals surface area contributed by atoms with Crippen LogP contribution in [0.15, 0.2) is 48.5 Å². The minimum absolute atomic E-state index is 0.0401. The van der Waals surface area contributed by atoms with E-state index in [-0.39, 0.29) is 5.41 Å². The Balaban J connectivity index is 1.51. The first-order valence-corrected chi connectivity index (χ1v) is 13.4. The molecular weight excluding hydrogens is 388 g/mol. The number of hydrogen-bond acceptors (Lipinski definition) is 1. The maximum absolute atomic E-state index is 11.9. The van der Waals surface area contributed by atoms with Crippen LogP contribution in [0.3, 0.4) is 0 Å². The molecule has 0 amide bonds. The lowest BCUT2D eigenvalue weighted by Crippen LogP contribution is -2.28. The van der Waals surface area contributed by atoms with Crippen LogP contribution in [-0.2, 0) is 11.2 Å². The average Bonchev–Trinajstić information content (AvgIpc) is 2.85. The van der Waals surface area contributed by atoms with Gasteiger partial charge >= 0.3 is 0 Å². The number of hydrogen-bond donors (Lipinski definition) is 0. The Hall–Kier alpha value is -1.89. The Morgan fingerprint density at radius 2 is 1.31 bits per heavy atom. The SMILES string of the molecule is CCCCCCCC1(C=O)CCC(c2ccc(-c3ccc(CCCCC)cc3)cc2)CC1. The van der Waals surface area contributed by atoms with Gasteiger partial charge in [-0.05, 0) is 73.1 Å². The molecule has 32 heavy (non-hydrogen) atoms. The maximum atomic E-state index is 11.9. The molecule has 0 unspecified atom stereocenters. The molecule has 1 aliphatic carbocycles. The molecule has 2 aromatic carbocycles. The molecule has 0 bridgehead atoms. The fraction of sp³-hybridized carbons (Fsp3) is 0.581. The van der Waals surface area contributed by atoms with E-state index in [4.69, 9.17) is 0 Å². The summed E-state index contributed by atoms with van der Waals surface area (Å²) in [6.45, 7) is 4.51. The highest BCUT2D eigenvalue weighted by Crippen LogP contribution is 2.45. The number of aldehydes is 1. The number of carbonyl (C=O) groups excluding carboxylic acids is 1. The lowest BCUT2D eigenvalue weighted by molar-refractivity contribution is -0.118.